The van der Waals surface area contributed by atoms with Gasteiger partial charge < -0.3 is 14.4 Å². The minimum absolute atomic E-state index is 0. The van der Waals surface area contributed by atoms with Crippen LogP contribution in [0.4, 0.5) is 0 Å². The first-order chi connectivity index (χ1) is 29.6. The zero-order chi connectivity index (χ0) is 42.0. The Morgan fingerprint density at radius 3 is 2.00 bits per heavy atom. The topological polar surface area (TPSA) is 38.9 Å². The SMILES string of the molecule is C[Si](C)(C)c1ccc(-c2[c-]cc(-c3ccccc3)c(-c3ccccc3)c2)nc1.[2H]C([2H])(c1ccnc(-c2[c-]ccc3c2oc2cc(-c4ccccc4)ccc23)c1)C1CCCC1.[Ir]. The van der Waals surface area contributed by atoms with E-state index in [1.54, 1.807) is 6.20 Å². The van der Waals surface area contributed by atoms with E-state index in [4.69, 9.17) is 12.1 Å². The Morgan fingerprint density at radius 2 is 1.33 bits per heavy atom. The van der Waals surface area contributed by atoms with Gasteiger partial charge in [0.2, 0.25) is 0 Å². The van der Waals surface area contributed by atoms with Crippen LogP contribution in [-0.2, 0) is 26.5 Å². The fourth-order valence-electron chi connectivity index (χ4n) is 8.05. The summed E-state index contributed by atoms with van der Waals surface area (Å²) >= 11 is 0. The van der Waals surface area contributed by atoms with Crippen molar-refractivity contribution in [3.63, 3.8) is 0 Å². The Morgan fingerprint density at radius 1 is 0.650 bits per heavy atom. The van der Waals surface area contributed by atoms with Crippen molar-refractivity contribution in [2.45, 2.75) is 51.7 Å². The normalized spacial score (nSPS) is 13.6. The van der Waals surface area contributed by atoms with Gasteiger partial charge in [-0.15, -0.1) is 42.0 Å². The number of rotatable bonds is 8. The standard InChI is InChI=1S/C29H24NO.C26H24NSi.Ir/c1-2-9-22(10-3-1)23-13-14-24-25-11-6-12-26(29(25)31-28(24)19-23)27-18-21(15-16-30-27)17-20-7-4-5-8-20;1-28(2,3)23-15-17-26(27-19-23)22-14-16-24(20-10-6-4-7-11-20)25(18-22)21-12-8-5-9-13-21;/h1-3,6,9-11,13-16,18-20H,4-5,7-8,17H2;4-13,15-19H,1-3H3;/q2*-1;/i17D2;;. The average molecular weight is 975 g/mol. The summed E-state index contributed by atoms with van der Waals surface area (Å²) in [6.45, 7) is 7.04. The van der Waals surface area contributed by atoms with E-state index in [0.717, 1.165) is 75.6 Å². The summed E-state index contributed by atoms with van der Waals surface area (Å²) in [5.41, 5.74) is 12.8. The van der Waals surface area contributed by atoms with Gasteiger partial charge in [-0.1, -0.05) is 200 Å². The van der Waals surface area contributed by atoms with Gasteiger partial charge in [0.05, 0.1) is 13.7 Å². The van der Waals surface area contributed by atoms with Crippen LogP contribution in [0.2, 0.25) is 19.6 Å². The second-order valence-corrected chi connectivity index (χ2v) is 21.5. The van der Waals surface area contributed by atoms with Crippen molar-refractivity contribution in [3.8, 4) is 55.9 Å². The van der Waals surface area contributed by atoms with Crippen LogP contribution in [0.5, 0.6) is 0 Å². The van der Waals surface area contributed by atoms with E-state index in [-0.39, 0.29) is 26.0 Å². The molecule has 3 aromatic heterocycles. The van der Waals surface area contributed by atoms with Crippen LogP contribution in [0.25, 0.3) is 77.8 Å². The molecule has 1 aliphatic carbocycles. The Balaban J connectivity index is 0.000000170. The molecule has 1 aliphatic rings. The molecule has 1 radical (unpaired) electrons. The van der Waals surface area contributed by atoms with Gasteiger partial charge in [0, 0.05) is 40.6 Å². The summed E-state index contributed by atoms with van der Waals surface area (Å²) in [5, 5.41) is 3.45. The van der Waals surface area contributed by atoms with Gasteiger partial charge in [0.1, 0.15) is 5.58 Å². The van der Waals surface area contributed by atoms with Gasteiger partial charge in [0.25, 0.3) is 0 Å². The number of furan rings is 1. The maximum Gasteiger partial charge on any atom is 0.121 e. The van der Waals surface area contributed by atoms with E-state index in [1.165, 1.54) is 27.4 Å². The van der Waals surface area contributed by atoms with Crippen LogP contribution in [0, 0.1) is 18.1 Å². The van der Waals surface area contributed by atoms with Crippen molar-refractivity contribution in [1.29, 1.82) is 0 Å². The first-order valence-corrected chi connectivity index (χ1v) is 24.2. The van der Waals surface area contributed by atoms with Gasteiger partial charge in [-0.05, 0) is 57.7 Å². The number of benzene rings is 6. The molecule has 5 heteroatoms. The van der Waals surface area contributed by atoms with E-state index in [9.17, 15) is 0 Å². The second kappa shape index (κ2) is 18.3. The van der Waals surface area contributed by atoms with Gasteiger partial charge in [-0.25, -0.2) is 0 Å². The zero-order valence-corrected chi connectivity index (χ0v) is 37.6. The van der Waals surface area contributed by atoms with Gasteiger partial charge in [0.15, 0.2) is 0 Å². The van der Waals surface area contributed by atoms with E-state index >= 15 is 0 Å². The average Bonchev–Trinajstić information content (AvgIpc) is 3.99. The molecular weight excluding hydrogens is 925 g/mol. The molecular formula is C55H48IrN2OSi-2. The van der Waals surface area contributed by atoms with Gasteiger partial charge in [-0.2, -0.15) is 0 Å². The van der Waals surface area contributed by atoms with Crippen LogP contribution in [0.15, 0.2) is 175 Å². The van der Waals surface area contributed by atoms with Gasteiger partial charge >= 0.3 is 0 Å². The van der Waals surface area contributed by atoms with Crippen LogP contribution in [0.3, 0.4) is 0 Å². The van der Waals surface area contributed by atoms with Crippen molar-refractivity contribution >= 4 is 35.2 Å². The maximum atomic E-state index is 8.78. The third-order valence-electron chi connectivity index (χ3n) is 11.3. The third-order valence-corrected chi connectivity index (χ3v) is 13.3. The smallest absolute Gasteiger partial charge is 0.121 e. The summed E-state index contributed by atoms with van der Waals surface area (Å²) in [7, 11) is -1.35. The molecule has 0 bridgehead atoms. The fraction of sp³-hybridized carbons (Fsp3) is 0.164. The number of fused-ring (bicyclic) bond motifs is 3. The minimum Gasteiger partial charge on any atom is -0.501 e. The van der Waals surface area contributed by atoms with Crippen LogP contribution in [-0.4, -0.2) is 18.0 Å². The van der Waals surface area contributed by atoms with Crippen molar-refractivity contribution in [2.75, 3.05) is 0 Å². The Bertz CT molecular complexity index is 2920. The largest absolute Gasteiger partial charge is 0.501 e. The molecule has 0 atom stereocenters. The van der Waals surface area contributed by atoms with Gasteiger partial charge in [-0.3, -0.25) is 0 Å². The molecule has 3 nitrogen and oxygen atoms in total. The monoisotopic (exact) mass is 975 g/mol. The molecule has 0 N–H and O–H groups in total. The quantitative estimate of drug-likeness (QED) is 0.112. The van der Waals surface area contributed by atoms with E-state index in [0.29, 0.717) is 11.3 Å². The number of aromatic nitrogens is 2. The van der Waals surface area contributed by atoms with Crippen molar-refractivity contribution in [1.82, 2.24) is 9.97 Å². The first-order valence-electron chi connectivity index (χ1n) is 21.7. The van der Waals surface area contributed by atoms with Crippen LogP contribution >= 0.6 is 0 Å². The fourth-order valence-corrected chi connectivity index (χ4v) is 9.09. The molecule has 3 heterocycles. The Kier molecular flexibility index (Phi) is 11.7. The second-order valence-electron chi connectivity index (χ2n) is 16.4. The maximum absolute atomic E-state index is 8.78. The van der Waals surface area contributed by atoms with E-state index in [2.05, 4.69) is 146 Å². The molecule has 0 saturated heterocycles. The summed E-state index contributed by atoms with van der Waals surface area (Å²) in [4.78, 5) is 9.33. The number of nitrogens with zero attached hydrogens (tertiary/aromatic N) is 2. The minimum atomic E-state index is -1.36. The molecule has 9 aromatic rings. The molecule has 6 aromatic carbocycles. The number of pyridine rings is 2. The Hall–Kier alpha value is -5.71. The van der Waals surface area contributed by atoms with Crippen molar-refractivity contribution < 1.29 is 27.3 Å². The van der Waals surface area contributed by atoms with Crippen LogP contribution < -0.4 is 5.19 Å². The zero-order valence-electron chi connectivity index (χ0n) is 36.2. The summed E-state index contributed by atoms with van der Waals surface area (Å²) in [6.07, 6.45) is 6.50. The molecule has 10 rings (SSSR count). The first kappa shape index (κ1) is 38.5. The van der Waals surface area contributed by atoms with Crippen LogP contribution in [0.1, 0.15) is 34.0 Å². The molecule has 60 heavy (non-hydrogen) atoms. The summed E-state index contributed by atoms with van der Waals surface area (Å²) in [5.74, 6) is 0.0649. The molecule has 1 saturated carbocycles. The predicted octanol–water partition coefficient (Wildman–Crippen LogP) is 14.3. The van der Waals surface area contributed by atoms with E-state index < -0.39 is 14.4 Å². The predicted molar refractivity (Wildman–Crippen MR) is 249 cm³/mol. The van der Waals surface area contributed by atoms with Crippen molar-refractivity contribution in [3.05, 3.63) is 188 Å². The number of hydrogen-bond donors (Lipinski definition) is 0. The molecule has 0 aliphatic heterocycles. The molecule has 1 fully saturated rings. The third kappa shape index (κ3) is 9.05. The molecule has 0 unspecified atom stereocenters. The molecule has 0 amide bonds. The summed E-state index contributed by atoms with van der Waals surface area (Å²) in [6, 6.07) is 60.7. The van der Waals surface area contributed by atoms with Crippen molar-refractivity contribution in [2.24, 2.45) is 5.92 Å². The number of hydrogen-bond acceptors (Lipinski definition) is 3. The molecule has 0 spiro atoms. The molecule has 299 valence electrons. The Labute approximate surface area is 371 Å². The summed E-state index contributed by atoms with van der Waals surface area (Å²) < 4.78 is 23.9. The van der Waals surface area contributed by atoms with E-state index in [1.807, 2.05) is 54.7 Å².